The molecule has 5 nitrogen and oxygen atoms in total. The molecule has 1 saturated heterocycles. The van der Waals surface area contributed by atoms with Crippen molar-refractivity contribution in [1.82, 2.24) is 4.98 Å². The number of fused-ring (bicyclic) bond motifs is 1. The number of nitrogens with two attached hydrogens (primary N) is 1. The number of aliphatic hydroxyl groups excluding tert-OH is 1. The van der Waals surface area contributed by atoms with E-state index in [0.717, 1.165) is 24.1 Å². The van der Waals surface area contributed by atoms with Crippen LogP contribution in [0.5, 0.6) is 0 Å². The number of aliphatic hydroxyl groups is 1. The van der Waals surface area contributed by atoms with E-state index in [1.54, 1.807) is 12.1 Å². The molecule has 0 amide bonds. The van der Waals surface area contributed by atoms with Crippen molar-refractivity contribution in [2.45, 2.75) is 19.4 Å². The second-order valence-electron chi connectivity index (χ2n) is 4.93. The molecule has 3 N–H and O–H groups in total. The van der Waals surface area contributed by atoms with E-state index >= 15 is 0 Å². The molecule has 0 saturated carbocycles. The lowest BCUT2D eigenvalue weighted by Crippen LogP contribution is -2.35. The summed E-state index contributed by atoms with van der Waals surface area (Å²) in [6, 6.07) is 6.10. The van der Waals surface area contributed by atoms with E-state index < -0.39 is 0 Å². The lowest BCUT2D eigenvalue weighted by atomic mass is 10.0. The fourth-order valence-electron chi connectivity index (χ4n) is 2.58. The number of hydrogen-bond acceptors (Lipinski definition) is 5. The molecule has 0 spiro atoms. The van der Waals surface area contributed by atoms with Crippen molar-refractivity contribution in [2.24, 2.45) is 5.92 Å². The van der Waals surface area contributed by atoms with Crippen molar-refractivity contribution in [2.75, 3.05) is 23.8 Å². The smallest absolute Gasteiger partial charge is 0.298 e. The first-order valence-corrected chi connectivity index (χ1v) is 6.22. The Morgan fingerprint density at radius 3 is 3.17 bits per heavy atom. The van der Waals surface area contributed by atoms with Crippen LogP contribution in [0.2, 0.25) is 0 Å². The van der Waals surface area contributed by atoms with E-state index in [2.05, 4.69) is 11.9 Å². The van der Waals surface area contributed by atoms with Gasteiger partial charge in [0, 0.05) is 12.2 Å². The highest BCUT2D eigenvalue weighted by Crippen LogP contribution is 2.31. The van der Waals surface area contributed by atoms with Crippen molar-refractivity contribution in [3.63, 3.8) is 0 Å². The summed E-state index contributed by atoms with van der Waals surface area (Å²) in [5.74, 6) is 0.454. The van der Waals surface area contributed by atoms with Gasteiger partial charge in [0.15, 0.2) is 5.58 Å². The molecule has 1 aromatic carbocycles. The first kappa shape index (κ1) is 11.3. The largest absolute Gasteiger partial charge is 0.423 e. The summed E-state index contributed by atoms with van der Waals surface area (Å²) >= 11 is 0. The number of rotatable bonds is 2. The maximum atomic E-state index is 9.46. The Bertz CT molecular complexity index is 566. The molecule has 2 aromatic rings. The Hall–Kier alpha value is -1.75. The number of aromatic nitrogens is 1. The summed E-state index contributed by atoms with van der Waals surface area (Å²) in [5, 5.41) is 9.46. The first-order chi connectivity index (χ1) is 8.69. The molecule has 1 fully saturated rings. The van der Waals surface area contributed by atoms with Gasteiger partial charge in [-0.1, -0.05) is 6.92 Å². The van der Waals surface area contributed by atoms with E-state index in [-0.39, 0.29) is 12.6 Å². The Kier molecular flexibility index (Phi) is 2.63. The van der Waals surface area contributed by atoms with Gasteiger partial charge >= 0.3 is 0 Å². The van der Waals surface area contributed by atoms with Crippen molar-refractivity contribution in [3.8, 4) is 0 Å². The SMILES string of the molecule is CC1CCN(c2nc3cc(N)ccc3o2)C1CO. The van der Waals surface area contributed by atoms with Crippen LogP contribution in [0, 0.1) is 5.92 Å². The van der Waals surface area contributed by atoms with Gasteiger partial charge < -0.3 is 20.2 Å². The average molecular weight is 247 g/mol. The second-order valence-corrected chi connectivity index (χ2v) is 4.93. The van der Waals surface area contributed by atoms with E-state index in [1.807, 2.05) is 11.0 Å². The standard InChI is InChI=1S/C13H17N3O2/c1-8-4-5-16(11(8)7-17)13-15-10-6-9(14)2-3-12(10)18-13/h2-3,6,8,11,17H,4-5,7,14H2,1H3. The molecule has 2 heterocycles. The Morgan fingerprint density at radius 1 is 1.56 bits per heavy atom. The summed E-state index contributed by atoms with van der Waals surface area (Å²) in [4.78, 5) is 6.50. The van der Waals surface area contributed by atoms with Crippen molar-refractivity contribution >= 4 is 22.8 Å². The zero-order valence-corrected chi connectivity index (χ0v) is 10.3. The molecule has 1 aliphatic heterocycles. The lowest BCUT2D eigenvalue weighted by molar-refractivity contribution is 0.242. The van der Waals surface area contributed by atoms with Crippen LogP contribution in [0.3, 0.4) is 0 Å². The van der Waals surface area contributed by atoms with Crippen LogP contribution in [0.15, 0.2) is 22.6 Å². The van der Waals surface area contributed by atoms with Crippen LogP contribution in [0.25, 0.3) is 11.1 Å². The molecule has 1 aromatic heterocycles. The highest BCUT2D eigenvalue weighted by Gasteiger charge is 2.33. The summed E-state index contributed by atoms with van der Waals surface area (Å²) in [7, 11) is 0. The van der Waals surface area contributed by atoms with E-state index in [1.165, 1.54) is 0 Å². The molecule has 0 bridgehead atoms. The third kappa shape index (κ3) is 1.71. The molecule has 5 heteroatoms. The van der Waals surface area contributed by atoms with E-state index in [0.29, 0.717) is 17.6 Å². The van der Waals surface area contributed by atoms with E-state index in [9.17, 15) is 5.11 Å². The number of anilines is 2. The topological polar surface area (TPSA) is 75.5 Å². The predicted molar refractivity (Wildman–Crippen MR) is 70.4 cm³/mol. The molecule has 0 radical (unpaired) electrons. The molecule has 18 heavy (non-hydrogen) atoms. The van der Waals surface area contributed by atoms with Gasteiger partial charge in [-0.25, -0.2) is 0 Å². The van der Waals surface area contributed by atoms with Crippen LogP contribution < -0.4 is 10.6 Å². The van der Waals surface area contributed by atoms with Crippen molar-refractivity contribution in [3.05, 3.63) is 18.2 Å². The van der Waals surface area contributed by atoms with E-state index in [4.69, 9.17) is 10.2 Å². The molecular weight excluding hydrogens is 230 g/mol. The Morgan fingerprint density at radius 2 is 2.39 bits per heavy atom. The summed E-state index contributed by atoms with van der Waals surface area (Å²) in [5.41, 5.74) is 7.90. The molecule has 2 atom stereocenters. The number of benzene rings is 1. The maximum absolute atomic E-state index is 9.46. The summed E-state index contributed by atoms with van der Waals surface area (Å²) < 4.78 is 5.74. The van der Waals surface area contributed by atoms with Gasteiger partial charge in [0.1, 0.15) is 5.52 Å². The number of nitrogen functional groups attached to an aromatic ring is 1. The van der Waals surface area contributed by atoms with Gasteiger partial charge in [0.2, 0.25) is 0 Å². The molecule has 0 aliphatic carbocycles. The van der Waals surface area contributed by atoms with Gasteiger partial charge in [-0.05, 0) is 30.5 Å². The quantitative estimate of drug-likeness (QED) is 0.789. The third-order valence-electron chi connectivity index (χ3n) is 3.72. The van der Waals surface area contributed by atoms with Crippen LogP contribution in [0.4, 0.5) is 11.7 Å². The zero-order chi connectivity index (χ0) is 12.7. The zero-order valence-electron chi connectivity index (χ0n) is 10.3. The molecule has 3 rings (SSSR count). The molecule has 1 aliphatic rings. The third-order valence-corrected chi connectivity index (χ3v) is 3.72. The summed E-state index contributed by atoms with van der Waals surface area (Å²) in [6.07, 6.45) is 1.05. The number of hydrogen-bond donors (Lipinski definition) is 2. The highest BCUT2D eigenvalue weighted by molar-refractivity contribution is 5.78. The first-order valence-electron chi connectivity index (χ1n) is 6.22. The fourth-order valence-corrected chi connectivity index (χ4v) is 2.58. The predicted octanol–water partition coefficient (Wildman–Crippen LogP) is 1.62. The van der Waals surface area contributed by atoms with Crippen LogP contribution in [-0.2, 0) is 0 Å². The normalized spacial score (nSPS) is 24.0. The highest BCUT2D eigenvalue weighted by atomic mass is 16.4. The van der Waals surface area contributed by atoms with Gasteiger partial charge in [-0.3, -0.25) is 0 Å². The Labute approximate surface area is 105 Å². The minimum atomic E-state index is 0.0930. The van der Waals surface area contributed by atoms with Gasteiger partial charge in [-0.2, -0.15) is 4.98 Å². The van der Waals surface area contributed by atoms with Crippen molar-refractivity contribution < 1.29 is 9.52 Å². The molecular formula is C13H17N3O2. The lowest BCUT2D eigenvalue weighted by Gasteiger charge is -2.22. The number of nitrogens with zero attached hydrogens (tertiary/aromatic N) is 2. The van der Waals surface area contributed by atoms with Crippen LogP contribution in [-0.4, -0.2) is 29.3 Å². The van der Waals surface area contributed by atoms with Gasteiger partial charge in [-0.15, -0.1) is 0 Å². The average Bonchev–Trinajstić information content (AvgIpc) is 2.91. The summed E-state index contributed by atoms with van der Waals surface area (Å²) in [6.45, 7) is 3.14. The van der Waals surface area contributed by atoms with Gasteiger partial charge in [0.25, 0.3) is 6.01 Å². The monoisotopic (exact) mass is 247 g/mol. The Balaban J connectivity index is 1.99. The van der Waals surface area contributed by atoms with Crippen molar-refractivity contribution in [1.29, 1.82) is 0 Å². The maximum Gasteiger partial charge on any atom is 0.298 e. The minimum absolute atomic E-state index is 0.0930. The van der Waals surface area contributed by atoms with Gasteiger partial charge in [0.05, 0.1) is 12.6 Å². The number of oxazole rings is 1. The molecule has 96 valence electrons. The minimum Gasteiger partial charge on any atom is -0.423 e. The fraction of sp³-hybridized carbons (Fsp3) is 0.462. The molecule has 2 unspecified atom stereocenters. The second kappa shape index (κ2) is 4.17. The van der Waals surface area contributed by atoms with Crippen LogP contribution >= 0.6 is 0 Å². The van der Waals surface area contributed by atoms with Crippen LogP contribution in [0.1, 0.15) is 13.3 Å².